The van der Waals surface area contributed by atoms with Crippen molar-refractivity contribution in [1.82, 2.24) is 45.3 Å². The molecule has 16 heteroatoms. The first-order chi connectivity index (χ1) is 39.9. The molecule has 3 aromatic rings. The van der Waals surface area contributed by atoms with E-state index in [-0.39, 0.29) is 18.3 Å². The van der Waals surface area contributed by atoms with Gasteiger partial charge in [-0.1, -0.05) is 67.2 Å². The maximum absolute atomic E-state index is 12.0. The van der Waals surface area contributed by atoms with Crippen molar-refractivity contribution in [3.63, 3.8) is 0 Å². The molecule has 0 radical (unpaired) electrons. The highest BCUT2D eigenvalue weighted by atomic mass is 16.6. The molecule has 3 fully saturated rings. The van der Waals surface area contributed by atoms with Crippen LogP contribution in [0.3, 0.4) is 0 Å². The number of hydrogen-bond donors (Lipinski definition) is 3. The van der Waals surface area contributed by atoms with Gasteiger partial charge >= 0.3 is 18.3 Å². The highest BCUT2D eigenvalue weighted by molar-refractivity contribution is 5.67. The molecule has 3 N–H and O–H groups in total. The molecule has 16 nitrogen and oxygen atoms in total. The number of carbonyl (C=O) groups excluding carboxylic acids is 3. The SMILES string of the molecule is CC(C)CCCCCCNC(=O)OCC1C2CCc3cnn(C(C)C)c3CCC21.CC(C)CCCNC(=O)OCC1C2CCc3cnn(C(C)C)c3CCC21.CC(C)CCOCCNC(=O)OCC1C2CCc3cnn(C(C)C)c3CCC21. The molecule has 6 aliphatic carbocycles. The summed E-state index contributed by atoms with van der Waals surface area (Å²) in [6, 6.07) is 1.26. The Kier molecular flexibility index (Phi) is 26.0. The number of fused-ring (bicyclic) bond motifs is 6. The topological polar surface area (TPSA) is 178 Å². The maximum atomic E-state index is 12.0. The predicted octanol–water partition coefficient (Wildman–Crippen LogP) is 13.9. The van der Waals surface area contributed by atoms with E-state index in [0.717, 1.165) is 102 Å². The Bertz CT molecular complexity index is 2420. The largest absolute Gasteiger partial charge is 0.449 e. The predicted molar refractivity (Wildman–Crippen MR) is 329 cm³/mol. The number of carbonyl (C=O) groups is 3. The maximum Gasteiger partial charge on any atom is 0.407 e. The van der Waals surface area contributed by atoms with Gasteiger partial charge in [-0.05, 0) is 232 Å². The molecule has 9 rings (SSSR count). The molecule has 9 atom stereocenters. The number of amides is 3. The molecule has 3 amide bonds. The van der Waals surface area contributed by atoms with E-state index < -0.39 is 0 Å². The van der Waals surface area contributed by atoms with Crippen LogP contribution in [0.4, 0.5) is 14.4 Å². The number of rotatable bonds is 26. The Morgan fingerprint density at radius 2 is 0.747 bits per heavy atom. The highest BCUT2D eigenvalue weighted by Gasteiger charge is 2.52. The van der Waals surface area contributed by atoms with Crippen LogP contribution < -0.4 is 16.0 Å². The third-order valence-corrected chi connectivity index (χ3v) is 19.1. The second-order valence-corrected chi connectivity index (χ2v) is 27.7. The zero-order chi connectivity index (χ0) is 59.6. The molecular weight excluding hydrogens is 1040 g/mol. The molecule has 6 aliphatic rings. The van der Waals surface area contributed by atoms with Gasteiger partial charge in [-0.25, -0.2) is 14.4 Å². The summed E-state index contributed by atoms with van der Waals surface area (Å²) in [7, 11) is 0. The van der Waals surface area contributed by atoms with Crippen LogP contribution in [-0.2, 0) is 57.5 Å². The molecular formula is C67H113N9O7. The van der Waals surface area contributed by atoms with Crippen LogP contribution in [0.5, 0.6) is 0 Å². The average molecular weight is 1160 g/mol. The van der Waals surface area contributed by atoms with Gasteiger partial charge < -0.3 is 34.9 Å². The van der Waals surface area contributed by atoms with Gasteiger partial charge in [0.25, 0.3) is 0 Å². The van der Waals surface area contributed by atoms with E-state index in [1.54, 1.807) is 0 Å². The highest BCUT2D eigenvalue weighted by Crippen LogP contribution is 2.55. The number of aromatic nitrogens is 6. The standard InChI is InChI=1S/C24H41N3O2.C22H37N3O3.C21H35N3O2/c1-17(2)9-7-5-6-8-14-25-24(28)29-16-22-20-11-10-19-15-26-27(18(3)4)23(19)13-12-21(20)22;1-15(2)9-11-27-12-10-23-22(26)28-14-20-18-6-5-17-13-24-25(16(3)4)21(17)8-7-19(18)20;1-14(2)6-5-11-22-21(25)26-13-19-17-8-7-16-12-23-24(15(3)4)20(16)10-9-18(17)19/h15,17-18,20-22H,5-14,16H2,1-4H3,(H,25,28);13,15-16,18-20H,5-12,14H2,1-4H3,(H,23,26);12,14-15,17-19H,5-11,13H2,1-4H3,(H,22,25). The summed E-state index contributed by atoms with van der Waals surface area (Å²) in [5, 5.41) is 22.4. The third kappa shape index (κ3) is 20.3. The lowest BCUT2D eigenvalue weighted by atomic mass is 9.99. The zero-order valence-electron chi connectivity index (χ0n) is 53.7. The lowest BCUT2D eigenvalue weighted by Gasteiger charge is -2.14. The Balaban J connectivity index is 0.000000179. The molecule has 468 valence electrons. The summed E-state index contributed by atoms with van der Waals surface area (Å²) < 4.78 is 28.6. The number of nitrogens with one attached hydrogen (secondary N) is 3. The van der Waals surface area contributed by atoms with Crippen molar-refractivity contribution in [3.8, 4) is 0 Å². The van der Waals surface area contributed by atoms with E-state index in [1.807, 2.05) is 0 Å². The van der Waals surface area contributed by atoms with E-state index >= 15 is 0 Å². The smallest absolute Gasteiger partial charge is 0.407 e. The number of aryl methyl sites for hydroxylation is 3. The molecule has 9 unspecified atom stereocenters. The Hall–Kier alpha value is -4.60. The molecule has 0 aromatic carbocycles. The molecule has 3 aromatic heterocycles. The second-order valence-electron chi connectivity index (χ2n) is 27.7. The summed E-state index contributed by atoms with van der Waals surface area (Å²) >= 11 is 0. The number of ether oxygens (including phenoxy) is 4. The molecule has 0 spiro atoms. The fourth-order valence-electron chi connectivity index (χ4n) is 14.1. The van der Waals surface area contributed by atoms with Crippen LogP contribution in [0.1, 0.15) is 225 Å². The summed E-state index contributed by atoms with van der Waals surface area (Å²) in [5.74, 6) is 8.02. The van der Waals surface area contributed by atoms with Crippen molar-refractivity contribution >= 4 is 18.3 Å². The summed E-state index contributed by atoms with van der Waals surface area (Å²) in [5.41, 5.74) is 8.52. The fraction of sp³-hybridized carbons (Fsp3) is 0.821. The fourth-order valence-corrected chi connectivity index (χ4v) is 14.1. The summed E-state index contributed by atoms with van der Waals surface area (Å²) in [6.45, 7) is 31.4. The molecule has 0 saturated heterocycles. The minimum atomic E-state index is -0.314. The second kappa shape index (κ2) is 32.8. The lowest BCUT2D eigenvalue weighted by molar-refractivity contribution is 0.112. The first-order valence-corrected chi connectivity index (χ1v) is 33.4. The monoisotopic (exact) mass is 1160 g/mol. The minimum absolute atomic E-state index is 0.231. The number of unbranched alkanes of at least 4 members (excludes halogenated alkanes) is 3. The van der Waals surface area contributed by atoms with Crippen LogP contribution in [-0.4, -0.2) is 100 Å². The number of nitrogens with zero attached hydrogens (tertiary/aromatic N) is 6. The third-order valence-electron chi connectivity index (χ3n) is 19.1. The van der Waals surface area contributed by atoms with Crippen molar-refractivity contribution in [3.05, 3.63) is 52.4 Å². The Morgan fingerprint density at radius 3 is 1.11 bits per heavy atom. The lowest BCUT2D eigenvalue weighted by Crippen LogP contribution is -2.28. The van der Waals surface area contributed by atoms with Gasteiger partial charge in [-0.3, -0.25) is 14.0 Å². The van der Waals surface area contributed by atoms with Gasteiger partial charge in [-0.15, -0.1) is 0 Å². The van der Waals surface area contributed by atoms with Crippen molar-refractivity contribution in [2.75, 3.05) is 52.7 Å². The van der Waals surface area contributed by atoms with Gasteiger partial charge in [0, 0.05) is 61.4 Å². The molecule has 0 bridgehead atoms. The first-order valence-electron chi connectivity index (χ1n) is 33.4. The molecule has 3 saturated carbocycles. The Morgan fingerprint density at radius 1 is 0.422 bits per heavy atom. The van der Waals surface area contributed by atoms with Crippen LogP contribution in [0.2, 0.25) is 0 Å². The van der Waals surface area contributed by atoms with Crippen LogP contribution in [0.25, 0.3) is 0 Å². The van der Waals surface area contributed by atoms with Crippen LogP contribution in [0, 0.1) is 71.0 Å². The molecule has 83 heavy (non-hydrogen) atoms. The number of alkyl carbamates (subject to hydrolysis) is 3. The summed E-state index contributed by atoms with van der Waals surface area (Å²) in [6.07, 6.45) is 28.5. The minimum Gasteiger partial charge on any atom is -0.449 e. The van der Waals surface area contributed by atoms with Crippen LogP contribution in [0.15, 0.2) is 18.6 Å². The van der Waals surface area contributed by atoms with Crippen LogP contribution >= 0.6 is 0 Å². The van der Waals surface area contributed by atoms with Crippen molar-refractivity contribution in [2.24, 2.45) is 71.0 Å². The van der Waals surface area contributed by atoms with Gasteiger partial charge in [0.2, 0.25) is 0 Å². The first kappa shape index (κ1) is 65.9. The van der Waals surface area contributed by atoms with Crippen molar-refractivity contribution in [1.29, 1.82) is 0 Å². The summed E-state index contributed by atoms with van der Waals surface area (Å²) in [4.78, 5) is 35.8. The average Bonchev–Trinajstić information content (AvgIpc) is 4.42. The molecule has 0 aliphatic heterocycles. The number of hydrogen-bond acceptors (Lipinski definition) is 10. The van der Waals surface area contributed by atoms with E-state index in [4.69, 9.17) is 18.9 Å². The van der Waals surface area contributed by atoms with Gasteiger partial charge in [-0.2, -0.15) is 15.3 Å². The van der Waals surface area contributed by atoms with Crippen molar-refractivity contribution in [2.45, 2.75) is 230 Å². The van der Waals surface area contributed by atoms with Gasteiger partial charge in [0.05, 0.1) is 45.0 Å². The van der Waals surface area contributed by atoms with Crippen molar-refractivity contribution < 1.29 is 33.3 Å². The van der Waals surface area contributed by atoms with E-state index in [1.165, 1.54) is 98.0 Å². The molecule has 3 heterocycles. The Labute approximate surface area is 500 Å². The van der Waals surface area contributed by atoms with E-state index in [0.29, 0.717) is 104 Å². The van der Waals surface area contributed by atoms with E-state index in [9.17, 15) is 14.4 Å². The van der Waals surface area contributed by atoms with Gasteiger partial charge in [0.15, 0.2) is 0 Å². The van der Waals surface area contributed by atoms with E-state index in [2.05, 4.69) is 147 Å². The van der Waals surface area contributed by atoms with Gasteiger partial charge in [0.1, 0.15) is 0 Å². The normalized spacial score (nSPS) is 23.9. The quantitative estimate of drug-likeness (QED) is 0.0518. The zero-order valence-corrected chi connectivity index (χ0v) is 53.7.